The topological polar surface area (TPSA) is 58.9 Å². The van der Waals surface area contributed by atoms with Gasteiger partial charge >= 0.3 is 0 Å². The average molecular weight is 387 g/mol. The summed E-state index contributed by atoms with van der Waals surface area (Å²) in [5.74, 6) is 1.80. The van der Waals surface area contributed by atoms with E-state index in [4.69, 9.17) is 9.47 Å². The highest BCUT2D eigenvalue weighted by atomic mass is 16.5. The van der Waals surface area contributed by atoms with Crippen molar-refractivity contribution in [2.75, 3.05) is 13.2 Å². The molecule has 0 aliphatic rings. The van der Waals surface area contributed by atoms with Gasteiger partial charge in [-0.2, -0.15) is 0 Å². The summed E-state index contributed by atoms with van der Waals surface area (Å²) in [5, 5.41) is 18.8. The first-order chi connectivity index (χ1) is 13.2. The molecule has 4 heteroatoms. The van der Waals surface area contributed by atoms with Crippen molar-refractivity contribution in [2.45, 2.75) is 66.6 Å². The Morgan fingerprint density at radius 2 is 0.929 bits per heavy atom. The maximum atomic E-state index is 9.41. The van der Waals surface area contributed by atoms with E-state index >= 15 is 0 Å². The van der Waals surface area contributed by atoms with E-state index in [1.807, 2.05) is 0 Å². The predicted octanol–water partition coefficient (Wildman–Crippen LogP) is 4.89. The lowest BCUT2D eigenvalue weighted by Crippen LogP contribution is -2.09. The van der Waals surface area contributed by atoms with Crippen LogP contribution in [0.4, 0.5) is 0 Å². The number of benzene rings is 2. The fourth-order valence-corrected chi connectivity index (χ4v) is 3.35. The molecule has 0 radical (unpaired) electrons. The fraction of sp³-hybridized carbons (Fsp3) is 0.500. The van der Waals surface area contributed by atoms with E-state index in [1.165, 1.54) is 0 Å². The zero-order valence-corrected chi connectivity index (χ0v) is 18.0. The highest BCUT2D eigenvalue weighted by Crippen LogP contribution is 2.34. The summed E-state index contributed by atoms with van der Waals surface area (Å²) in [6.07, 6.45) is 0.532. The van der Waals surface area contributed by atoms with Crippen LogP contribution in [-0.4, -0.2) is 35.6 Å². The average Bonchev–Trinajstić information content (AvgIpc) is 2.58. The van der Waals surface area contributed by atoms with E-state index in [2.05, 4.69) is 52.0 Å². The van der Waals surface area contributed by atoms with Crippen LogP contribution >= 0.6 is 0 Å². The molecule has 0 fully saturated rings. The first kappa shape index (κ1) is 22.3. The van der Waals surface area contributed by atoms with Crippen LogP contribution in [0.2, 0.25) is 0 Å². The number of hydrogen-bond acceptors (Lipinski definition) is 4. The van der Waals surface area contributed by atoms with Crippen LogP contribution in [-0.2, 0) is 0 Å². The largest absolute Gasteiger partial charge is 0.493 e. The van der Waals surface area contributed by atoms with Crippen molar-refractivity contribution >= 4 is 0 Å². The quantitative estimate of drug-likeness (QED) is 0.644. The molecule has 0 aromatic heterocycles. The minimum Gasteiger partial charge on any atom is -0.493 e. The molecule has 0 spiro atoms. The Hall–Kier alpha value is -2.04. The van der Waals surface area contributed by atoms with Gasteiger partial charge in [0.2, 0.25) is 0 Å². The highest BCUT2D eigenvalue weighted by Gasteiger charge is 2.12. The van der Waals surface area contributed by atoms with Crippen LogP contribution in [0.1, 0.15) is 48.9 Å². The Morgan fingerprint density at radius 3 is 1.18 bits per heavy atom. The molecule has 0 aliphatic carbocycles. The van der Waals surface area contributed by atoms with E-state index in [0.29, 0.717) is 26.1 Å². The number of aryl methyl sites for hydroxylation is 4. The maximum Gasteiger partial charge on any atom is 0.125 e. The Morgan fingerprint density at radius 1 is 0.643 bits per heavy atom. The summed E-state index contributed by atoms with van der Waals surface area (Å²) in [4.78, 5) is 0. The van der Waals surface area contributed by atoms with E-state index < -0.39 is 0 Å². The molecule has 0 amide bonds. The van der Waals surface area contributed by atoms with Gasteiger partial charge in [-0.05, 0) is 99.2 Å². The molecule has 0 bridgehead atoms. The molecule has 0 saturated carbocycles. The van der Waals surface area contributed by atoms with E-state index in [0.717, 1.165) is 44.9 Å². The maximum absolute atomic E-state index is 9.41. The van der Waals surface area contributed by atoms with Crippen molar-refractivity contribution < 1.29 is 19.7 Å². The molecule has 154 valence electrons. The lowest BCUT2D eigenvalue weighted by molar-refractivity contribution is 0.154. The third-order valence-corrected chi connectivity index (χ3v) is 4.82. The summed E-state index contributed by atoms with van der Waals surface area (Å²) < 4.78 is 11.8. The van der Waals surface area contributed by atoms with E-state index in [-0.39, 0.29) is 12.2 Å². The third-order valence-electron chi connectivity index (χ3n) is 4.82. The van der Waals surface area contributed by atoms with Crippen LogP contribution in [0, 0.1) is 27.7 Å². The van der Waals surface area contributed by atoms with Gasteiger partial charge in [0.1, 0.15) is 11.5 Å². The summed E-state index contributed by atoms with van der Waals surface area (Å²) >= 11 is 0. The highest BCUT2D eigenvalue weighted by molar-refractivity contribution is 5.70. The van der Waals surface area contributed by atoms with Crippen LogP contribution in [0.3, 0.4) is 0 Å². The van der Waals surface area contributed by atoms with Gasteiger partial charge in [-0.15, -0.1) is 0 Å². The second kappa shape index (κ2) is 9.94. The molecule has 28 heavy (non-hydrogen) atoms. The monoisotopic (exact) mass is 386 g/mol. The standard InChI is InChI=1S/C24H34O4/c1-15-11-21(12-16(2)23(15)27-9-7-19(5)25)22-13-17(3)24(18(4)14-22)28-10-8-20(6)26/h11-14,19-20,25-26H,7-10H2,1-6H3. The van der Waals surface area contributed by atoms with Crippen molar-refractivity contribution in [3.05, 3.63) is 46.5 Å². The molecular formula is C24H34O4. The van der Waals surface area contributed by atoms with E-state index in [1.54, 1.807) is 13.8 Å². The van der Waals surface area contributed by atoms with Crippen molar-refractivity contribution in [1.82, 2.24) is 0 Å². The van der Waals surface area contributed by atoms with Crippen molar-refractivity contribution in [3.63, 3.8) is 0 Å². The van der Waals surface area contributed by atoms with Crippen LogP contribution in [0.15, 0.2) is 24.3 Å². The smallest absolute Gasteiger partial charge is 0.125 e. The first-order valence-corrected chi connectivity index (χ1v) is 10.0. The Kier molecular flexibility index (Phi) is 7.90. The van der Waals surface area contributed by atoms with Gasteiger partial charge in [-0.1, -0.05) is 0 Å². The second-order valence-corrected chi connectivity index (χ2v) is 7.85. The number of rotatable bonds is 9. The van der Waals surface area contributed by atoms with Crippen molar-refractivity contribution in [2.24, 2.45) is 0 Å². The molecule has 2 aromatic rings. The molecular weight excluding hydrogens is 352 g/mol. The number of aliphatic hydroxyl groups excluding tert-OH is 2. The molecule has 2 aromatic carbocycles. The zero-order chi connectivity index (χ0) is 20.8. The zero-order valence-electron chi connectivity index (χ0n) is 18.0. The summed E-state index contributed by atoms with van der Waals surface area (Å²) in [5.41, 5.74) is 6.67. The van der Waals surface area contributed by atoms with Crippen LogP contribution in [0.25, 0.3) is 11.1 Å². The molecule has 2 rings (SSSR count). The summed E-state index contributed by atoms with van der Waals surface area (Å²) in [7, 11) is 0. The lowest BCUT2D eigenvalue weighted by Gasteiger charge is -2.17. The number of aliphatic hydroxyl groups is 2. The SMILES string of the molecule is Cc1cc(-c2cc(C)c(OCCC(C)O)c(C)c2)cc(C)c1OCCC(C)O. The van der Waals surface area contributed by atoms with Gasteiger partial charge in [0.25, 0.3) is 0 Å². The molecule has 2 atom stereocenters. The van der Waals surface area contributed by atoms with Gasteiger partial charge in [0, 0.05) is 12.8 Å². The Bertz CT molecular complexity index is 680. The van der Waals surface area contributed by atoms with Gasteiger partial charge in [-0.3, -0.25) is 0 Å². The Balaban J connectivity index is 2.23. The first-order valence-electron chi connectivity index (χ1n) is 10.0. The van der Waals surface area contributed by atoms with E-state index in [9.17, 15) is 10.2 Å². The summed E-state index contributed by atoms with van der Waals surface area (Å²) in [6, 6.07) is 8.58. The van der Waals surface area contributed by atoms with Gasteiger partial charge in [0.05, 0.1) is 25.4 Å². The normalized spacial score (nSPS) is 13.3. The molecule has 4 nitrogen and oxygen atoms in total. The lowest BCUT2D eigenvalue weighted by atomic mass is 9.96. The molecule has 0 aliphatic heterocycles. The number of hydrogen-bond donors (Lipinski definition) is 2. The Labute approximate surface area is 169 Å². The van der Waals surface area contributed by atoms with Crippen molar-refractivity contribution in [3.8, 4) is 22.6 Å². The molecule has 2 N–H and O–H groups in total. The van der Waals surface area contributed by atoms with Gasteiger partial charge < -0.3 is 19.7 Å². The number of ether oxygens (including phenoxy) is 2. The van der Waals surface area contributed by atoms with Crippen LogP contribution < -0.4 is 9.47 Å². The molecule has 0 heterocycles. The minimum atomic E-state index is -0.354. The second-order valence-electron chi connectivity index (χ2n) is 7.85. The summed E-state index contributed by atoms with van der Waals surface area (Å²) in [6.45, 7) is 12.8. The van der Waals surface area contributed by atoms with Gasteiger partial charge in [-0.25, -0.2) is 0 Å². The van der Waals surface area contributed by atoms with Crippen LogP contribution in [0.5, 0.6) is 11.5 Å². The molecule has 2 unspecified atom stereocenters. The minimum absolute atomic E-state index is 0.354. The third kappa shape index (κ3) is 5.98. The fourth-order valence-electron chi connectivity index (χ4n) is 3.35. The predicted molar refractivity (Wildman–Crippen MR) is 114 cm³/mol. The van der Waals surface area contributed by atoms with Crippen molar-refractivity contribution in [1.29, 1.82) is 0 Å². The van der Waals surface area contributed by atoms with Gasteiger partial charge in [0.15, 0.2) is 0 Å². The molecule has 0 saturated heterocycles.